The minimum absolute atomic E-state index is 0.00339. The lowest BCUT2D eigenvalue weighted by molar-refractivity contribution is -0.169. The van der Waals surface area contributed by atoms with Gasteiger partial charge in [-0.15, -0.1) is 0 Å². The van der Waals surface area contributed by atoms with Crippen molar-refractivity contribution in [2.75, 3.05) is 12.0 Å². The van der Waals surface area contributed by atoms with Gasteiger partial charge in [-0.2, -0.15) is 13.2 Å². The Labute approximate surface area is 163 Å². The second kappa shape index (κ2) is 7.16. The van der Waals surface area contributed by atoms with Gasteiger partial charge < -0.3 is 14.8 Å². The number of carbonyl (C=O) groups is 1. The van der Waals surface area contributed by atoms with Gasteiger partial charge in [0, 0.05) is 30.4 Å². The molecule has 2 aromatic heterocycles. The third kappa shape index (κ3) is 3.70. The highest BCUT2D eigenvalue weighted by atomic mass is 19.4. The molecule has 1 fully saturated rings. The molecular formula is C20H18F3N3O3. The molecule has 1 saturated carbocycles. The van der Waals surface area contributed by atoms with Crippen molar-refractivity contribution < 1.29 is 27.8 Å². The van der Waals surface area contributed by atoms with Gasteiger partial charge in [-0.3, -0.25) is 9.69 Å². The zero-order chi connectivity index (χ0) is 20.8. The maximum absolute atomic E-state index is 13.4. The van der Waals surface area contributed by atoms with Crippen LogP contribution < -0.4 is 4.90 Å². The average molecular weight is 405 g/mol. The monoisotopic (exact) mass is 405 g/mol. The van der Waals surface area contributed by atoms with E-state index in [0.717, 1.165) is 18.4 Å². The van der Waals surface area contributed by atoms with Crippen LogP contribution in [-0.2, 0) is 9.53 Å². The van der Waals surface area contributed by atoms with Gasteiger partial charge in [0.15, 0.2) is 6.29 Å². The topological polar surface area (TPSA) is 78.5 Å². The van der Waals surface area contributed by atoms with Gasteiger partial charge in [0.05, 0.1) is 11.3 Å². The Morgan fingerprint density at radius 1 is 1.31 bits per heavy atom. The number of amides is 1. The molecule has 2 heterocycles. The Morgan fingerprint density at radius 3 is 2.72 bits per heavy atom. The lowest BCUT2D eigenvalue weighted by Gasteiger charge is -2.26. The van der Waals surface area contributed by atoms with Crippen LogP contribution in [0.5, 0.6) is 0 Å². The lowest BCUT2D eigenvalue weighted by Crippen LogP contribution is -2.39. The third-order valence-electron chi connectivity index (χ3n) is 4.91. The Hall–Kier alpha value is -2.91. The van der Waals surface area contributed by atoms with Gasteiger partial charge in [-0.25, -0.2) is 4.98 Å². The second-order valence-electron chi connectivity index (χ2n) is 6.93. The molecule has 1 unspecified atom stereocenters. The van der Waals surface area contributed by atoms with Crippen LogP contribution in [0, 0.1) is 0 Å². The summed E-state index contributed by atoms with van der Waals surface area (Å²) in [6.45, 7) is 0. The fraction of sp³-hybridized carbons (Fsp3) is 0.300. The molecule has 1 aromatic carbocycles. The number of fused-ring (bicyclic) bond motifs is 1. The van der Waals surface area contributed by atoms with Crippen LogP contribution in [0.2, 0.25) is 0 Å². The summed E-state index contributed by atoms with van der Waals surface area (Å²) in [4.78, 5) is 19.9. The summed E-state index contributed by atoms with van der Waals surface area (Å²) in [7, 11) is 1.22. The number of methoxy groups -OCH3 is 1. The first-order valence-corrected chi connectivity index (χ1v) is 8.98. The van der Waals surface area contributed by atoms with E-state index in [4.69, 9.17) is 4.74 Å². The number of nitrogens with zero attached hydrogens (tertiary/aromatic N) is 2. The van der Waals surface area contributed by atoms with E-state index >= 15 is 0 Å². The molecule has 3 aromatic rings. The zero-order valence-corrected chi connectivity index (χ0v) is 15.4. The molecule has 1 aliphatic rings. The summed E-state index contributed by atoms with van der Waals surface area (Å²) in [6, 6.07) is 7.66. The number of hydrogen-bond acceptors (Lipinski definition) is 4. The molecule has 1 aliphatic carbocycles. The Bertz CT molecular complexity index is 1060. The van der Waals surface area contributed by atoms with E-state index in [0.29, 0.717) is 15.8 Å². The van der Waals surface area contributed by atoms with Crippen LogP contribution in [0.15, 0.2) is 42.7 Å². The highest BCUT2D eigenvalue weighted by molar-refractivity contribution is 6.04. The maximum Gasteiger partial charge on any atom is 0.472 e. The Balaban J connectivity index is 1.89. The summed E-state index contributed by atoms with van der Waals surface area (Å²) in [5.74, 6) is -2.17. The quantitative estimate of drug-likeness (QED) is 0.621. The van der Waals surface area contributed by atoms with Gasteiger partial charge in [0.2, 0.25) is 0 Å². The third-order valence-corrected chi connectivity index (χ3v) is 4.91. The first-order chi connectivity index (χ1) is 13.8. The number of H-pyrrole nitrogens is 1. The van der Waals surface area contributed by atoms with Crippen molar-refractivity contribution in [3.63, 3.8) is 0 Å². The number of rotatable bonds is 5. The lowest BCUT2D eigenvalue weighted by atomic mass is 10.1. The van der Waals surface area contributed by atoms with Gasteiger partial charge in [-0.05, 0) is 54.7 Å². The minimum Gasteiger partial charge on any atom is -0.364 e. The van der Waals surface area contributed by atoms with E-state index < -0.39 is 18.4 Å². The summed E-state index contributed by atoms with van der Waals surface area (Å²) in [5, 5.41) is 10.9. The summed E-state index contributed by atoms with van der Waals surface area (Å²) >= 11 is 0. The predicted molar refractivity (Wildman–Crippen MR) is 99.7 cm³/mol. The number of hydrogen-bond donors (Lipinski definition) is 2. The van der Waals surface area contributed by atoms with Crippen LogP contribution in [0.4, 0.5) is 24.7 Å². The highest BCUT2D eigenvalue weighted by Crippen LogP contribution is 2.43. The molecule has 29 heavy (non-hydrogen) atoms. The Morgan fingerprint density at radius 2 is 2.07 bits per heavy atom. The van der Waals surface area contributed by atoms with E-state index in [9.17, 15) is 23.1 Å². The van der Waals surface area contributed by atoms with Crippen molar-refractivity contribution in [1.29, 1.82) is 0 Å². The molecular weight excluding hydrogens is 387 g/mol. The minimum atomic E-state index is -5.14. The number of halogens is 3. The van der Waals surface area contributed by atoms with Crippen molar-refractivity contribution >= 4 is 28.3 Å². The number of alkyl halides is 3. The number of aromatic amines is 1. The molecule has 2 N–H and O–H groups in total. The van der Waals surface area contributed by atoms with Gasteiger partial charge in [-0.1, -0.05) is 0 Å². The smallest absolute Gasteiger partial charge is 0.364 e. The van der Waals surface area contributed by atoms with Crippen LogP contribution in [-0.4, -0.2) is 34.3 Å². The first-order valence-electron chi connectivity index (χ1n) is 8.98. The van der Waals surface area contributed by atoms with E-state index in [1.807, 2.05) is 0 Å². The summed E-state index contributed by atoms with van der Waals surface area (Å²) in [5.41, 5.74) is 1.49. The van der Waals surface area contributed by atoms with Crippen molar-refractivity contribution in [2.45, 2.75) is 31.2 Å². The molecule has 0 aliphatic heterocycles. The van der Waals surface area contributed by atoms with Crippen LogP contribution >= 0.6 is 0 Å². The molecule has 0 bridgehead atoms. The van der Waals surface area contributed by atoms with Crippen LogP contribution in [0.1, 0.15) is 36.2 Å². The number of anilines is 2. The standard InChI is InChI=1S/C20H18F3N3O3/c1-29-18(27)15-9-13(11-2-3-11)10-25-17(15)26(19(28)20(21,22)23)14-4-5-16-12(8-14)6-7-24-16/h4-11,18,24,27H,2-3H2,1H3. The summed E-state index contributed by atoms with van der Waals surface area (Å²) < 4.78 is 45.2. The van der Waals surface area contributed by atoms with E-state index in [1.165, 1.54) is 25.4 Å². The molecule has 0 saturated heterocycles. The average Bonchev–Trinajstić information content (AvgIpc) is 3.44. The van der Waals surface area contributed by atoms with Gasteiger partial charge in [0.25, 0.3) is 0 Å². The van der Waals surface area contributed by atoms with Crippen LogP contribution in [0.25, 0.3) is 10.9 Å². The predicted octanol–water partition coefficient (Wildman–Crippen LogP) is 4.30. The highest BCUT2D eigenvalue weighted by Gasteiger charge is 2.45. The molecule has 0 radical (unpaired) electrons. The second-order valence-corrected chi connectivity index (χ2v) is 6.93. The number of carbonyl (C=O) groups excluding carboxylic acids is 1. The molecule has 152 valence electrons. The van der Waals surface area contributed by atoms with E-state index in [-0.39, 0.29) is 23.0 Å². The van der Waals surface area contributed by atoms with E-state index in [2.05, 4.69) is 9.97 Å². The summed E-state index contributed by atoms with van der Waals surface area (Å²) in [6.07, 6.45) is -1.69. The maximum atomic E-state index is 13.4. The molecule has 0 spiro atoms. The van der Waals surface area contributed by atoms with Crippen molar-refractivity contribution in [3.8, 4) is 0 Å². The number of benzene rings is 1. The number of aromatic nitrogens is 2. The molecule has 1 amide bonds. The Kier molecular flexibility index (Phi) is 4.79. The number of ether oxygens (including phenoxy) is 1. The largest absolute Gasteiger partial charge is 0.472 e. The normalized spacial score (nSPS) is 15.5. The van der Waals surface area contributed by atoms with Crippen molar-refractivity contribution in [3.05, 3.63) is 53.9 Å². The molecule has 4 rings (SSSR count). The SMILES string of the molecule is COC(O)c1cc(C2CC2)cnc1N(C(=O)C(F)(F)F)c1ccc2[nH]ccc2c1. The van der Waals surface area contributed by atoms with Crippen molar-refractivity contribution in [1.82, 2.24) is 9.97 Å². The number of pyridine rings is 1. The van der Waals surface area contributed by atoms with Crippen molar-refractivity contribution in [2.24, 2.45) is 0 Å². The fourth-order valence-electron chi connectivity index (χ4n) is 3.27. The van der Waals surface area contributed by atoms with E-state index in [1.54, 1.807) is 24.4 Å². The fourth-order valence-corrected chi connectivity index (χ4v) is 3.27. The number of aliphatic hydroxyl groups is 1. The molecule has 1 atom stereocenters. The first kappa shape index (κ1) is 19.4. The number of nitrogens with one attached hydrogen (secondary N) is 1. The van der Waals surface area contributed by atoms with Gasteiger partial charge in [0.1, 0.15) is 5.82 Å². The van der Waals surface area contributed by atoms with Gasteiger partial charge >= 0.3 is 12.1 Å². The molecule has 9 heteroatoms. The zero-order valence-electron chi connectivity index (χ0n) is 15.4. The van der Waals surface area contributed by atoms with Crippen LogP contribution in [0.3, 0.4) is 0 Å². The molecule has 6 nitrogen and oxygen atoms in total. The number of aliphatic hydroxyl groups excluding tert-OH is 1.